The first-order valence-electron chi connectivity index (χ1n) is 10.8. The van der Waals surface area contributed by atoms with Gasteiger partial charge in [0, 0.05) is 19.9 Å². The number of hydrogen-bond donors (Lipinski definition) is 3. The largest absolute Gasteiger partial charge is 0.419 e. The Labute approximate surface area is 194 Å². The Kier molecular flexibility index (Phi) is 8.26. The van der Waals surface area contributed by atoms with E-state index in [0.717, 1.165) is 17.7 Å². The molecule has 34 heavy (non-hydrogen) atoms. The number of ether oxygens (including phenoxy) is 1. The molecule has 0 fully saturated rings. The van der Waals surface area contributed by atoms with Crippen molar-refractivity contribution in [1.29, 1.82) is 0 Å². The van der Waals surface area contributed by atoms with Crippen LogP contribution in [0.15, 0.2) is 24.4 Å². The molecule has 12 heteroatoms. The zero-order valence-electron chi connectivity index (χ0n) is 18.8. The van der Waals surface area contributed by atoms with Crippen LogP contribution in [0.1, 0.15) is 41.8 Å². The van der Waals surface area contributed by atoms with Crippen molar-refractivity contribution < 1.29 is 32.2 Å². The maximum absolute atomic E-state index is 14.1. The number of benzene rings is 1. The summed E-state index contributed by atoms with van der Waals surface area (Å²) in [5, 5.41) is 15.1. The fourth-order valence-electron chi connectivity index (χ4n) is 3.61. The van der Waals surface area contributed by atoms with E-state index in [1.807, 2.05) is 6.92 Å². The molecule has 1 aromatic heterocycles. The third-order valence-electron chi connectivity index (χ3n) is 5.61. The highest BCUT2D eigenvalue weighted by Crippen LogP contribution is 2.32. The molecule has 8 nitrogen and oxygen atoms in total. The summed E-state index contributed by atoms with van der Waals surface area (Å²) in [6, 6.07) is 1.00. The third kappa shape index (κ3) is 6.11. The van der Waals surface area contributed by atoms with Gasteiger partial charge in [0.1, 0.15) is 5.82 Å². The fraction of sp³-hybridized carbons (Fsp3) is 0.500. The number of methoxy groups -OCH3 is 1. The number of carbonyl (C=O) groups excluding carboxylic acids is 1. The van der Waals surface area contributed by atoms with Gasteiger partial charge < -0.3 is 25.4 Å². The number of carbonyl (C=O) groups is 1. The number of amides is 2. The molecule has 0 saturated heterocycles. The summed E-state index contributed by atoms with van der Waals surface area (Å²) >= 11 is 0. The highest BCUT2D eigenvalue weighted by Gasteiger charge is 2.34. The maximum atomic E-state index is 14.1. The van der Waals surface area contributed by atoms with Crippen LogP contribution in [0.3, 0.4) is 0 Å². The van der Waals surface area contributed by atoms with Crippen LogP contribution in [0.5, 0.6) is 0 Å². The summed E-state index contributed by atoms with van der Waals surface area (Å²) in [4.78, 5) is 23.2. The third-order valence-corrected chi connectivity index (χ3v) is 5.61. The van der Waals surface area contributed by atoms with Crippen molar-refractivity contribution in [2.24, 2.45) is 0 Å². The minimum absolute atomic E-state index is 0.0588. The number of nitrogens with one attached hydrogen (secondary N) is 2. The Morgan fingerprint density at radius 3 is 2.74 bits per heavy atom. The highest BCUT2D eigenvalue weighted by atomic mass is 19.4. The Morgan fingerprint density at radius 1 is 1.35 bits per heavy atom. The number of aromatic nitrogens is 2. The first kappa shape index (κ1) is 25.6. The number of rotatable bonds is 8. The Hall–Kier alpha value is -2.99. The summed E-state index contributed by atoms with van der Waals surface area (Å²) < 4.78 is 57.8. The summed E-state index contributed by atoms with van der Waals surface area (Å²) in [5.74, 6) is -1.07. The second-order valence-electron chi connectivity index (χ2n) is 7.96. The molecule has 186 valence electrons. The van der Waals surface area contributed by atoms with Crippen molar-refractivity contribution in [2.45, 2.75) is 44.6 Å². The van der Waals surface area contributed by atoms with E-state index >= 15 is 0 Å². The number of hydrogen-bond acceptors (Lipinski definition) is 6. The van der Waals surface area contributed by atoms with Crippen molar-refractivity contribution in [1.82, 2.24) is 20.2 Å². The van der Waals surface area contributed by atoms with E-state index in [0.29, 0.717) is 37.1 Å². The number of alkyl halides is 3. The van der Waals surface area contributed by atoms with Crippen LogP contribution in [0.25, 0.3) is 0 Å². The average molecular weight is 485 g/mol. The minimum Gasteiger partial charge on any atom is -0.394 e. The van der Waals surface area contributed by atoms with Crippen molar-refractivity contribution in [3.05, 3.63) is 52.6 Å². The van der Waals surface area contributed by atoms with Gasteiger partial charge in [0.05, 0.1) is 43.1 Å². The molecular weight excluding hydrogens is 458 g/mol. The van der Waals surface area contributed by atoms with Gasteiger partial charge in [0.2, 0.25) is 5.95 Å². The SMILES string of the molecule is CC[C@@H](CO)Nc1ncc2c(n1)CN(C(=O)N[C@H](COC)c1ccc(C(F)(F)F)c(F)c1)CC2. The van der Waals surface area contributed by atoms with Gasteiger partial charge in [-0.3, -0.25) is 0 Å². The number of nitrogens with zero attached hydrogens (tertiary/aromatic N) is 3. The number of aliphatic hydroxyl groups is 1. The van der Waals surface area contributed by atoms with Gasteiger partial charge in [-0.1, -0.05) is 13.0 Å². The lowest BCUT2D eigenvalue weighted by atomic mass is 10.0. The molecule has 2 amide bonds. The van der Waals surface area contributed by atoms with Crippen LogP contribution in [0, 0.1) is 5.82 Å². The lowest BCUT2D eigenvalue weighted by Gasteiger charge is -2.30. The van der Waals surface area contributed by atoms with Gasteiger partial charge in [0.15, 0.2) is 0 Å². The molecule has 3 rings (SSSR count). The second-order valence-corrected chi connectivity index (χ2v) is 7.96. The standard InChI is InChI=1S/C22H27F4N5O3/c1-3-15(11-32)28-20-27-9-14-6-7-31(10-18(14)29-20)21(33)30-19(12-34-2)13-4-5-16(17(23)8-13)22(24,25)26/h4-5,8-9,15,19,32H,3,6-7,10-12H2,1-2H3,(H,30,33)(H,27,28,29)/t15-,19+/m0/s1. The molecule has 2 aromatic rings. The lowest BCUT2D eigenvalue weighted by Crippen LogP contribution is -2.45. The first-order valence-corrected chi connectivity index (χ1v) is 10.8. The summed E-state index contributed by atoms with van der Waals surface area (Å²) in [5.41, 5.74) is 0.323. The fourth-order valence-corrected chi connectivity index (χ4v) is 3.61. The predicted molar refractivity (Wildman–Crippen MR) is 115 cm³/mol. The number of urea groups is 1. The normalized spacial score (nSPS) is 15.4. The molecule has 2 heterocycles. The number of anilines is 1. The summed E-state index contributed by atoms with van der Waals surface area (Å²) in [6.45, 7) is 2.35. The second kappa shape index (κ2) is 11.0. The van der Waals surface area contributed by atoms with E-state index in [1.54, 1.807) is 6.20 Å². The van der Waals surface area contributed by atoms with Crippen LogP contribution in [0.4, 0.5) is 28.3 Å². The van der Waals surface area contributed by atoms with E-state index in [-0.39, 0.29) is 31.4 Å². The van der Waals surface area contributed by atoms with Crippen LogP contribution < -0.4 is 10.6 Å². The van der Waals surface area contributed by atoms with Crippen LogP contribution in [-0.4, -0.2) is 58.9 Å². The molecule has 0 aliphatic carbocycles. The summed E-state index contributed by atoms with van der Waals surface area (Å²) in [7, 11) is 1.37. The summed E-state index contributed by atoms with van der Waals surface area (Å²) in [6.07, 6.45) is -1.93. The molecule has 3 N–H and O–H groups in total. The van der Waals surface area contributed by atoms with Crippen molar-refractivity contribution in [3.8, 4) is 0 Å². The van der Waals surface area contributed by atoms with E-state index in [4.69, 9.17) is 4.74 Å². The monoisotopic (exact) mass is 485 g/mol. The van der Waals surface area contributed by atoms with Gasteiger partial charge in [-0.25, -0.2) is 19.2 Å². The molecule has 0 spiro atoms. The van der Waals surface area contributed by atoms with Crippen LogP contribution >= 0.6 is 0 Å². The van der Waals surface area contributed by atoms with E-state index in [2.05, 4.69) is 20.6 Å². The zero-order chi connectivity index (χ0) is 24.9. The zero-order valence-corrected chi connectivity index (χ0v) is 18.8. The molecule has 0 radical (unpaired) electrons. The molecule has 1 aromatic carbocycles. The van der Waals surface area contributed by atoms with Gasteiger partial charge in [-0.15, -0.1) is 0 Å². The van der Waals surface area contributed by atoms with E-state index in [9.17, 15) is 27.5 Å². The minimum atomic E-state index is -4.81. The van der Waals surface area contributed by atoms with Crippen molar-refractivity contribution >= 4 is 12.0 Å². The molecule has 1 aliphatic heterocycles. The van der Waals surface area contributed by atoms with Gasteiger partial charge in [-0.05, 0) is 36.1 Å². The van der Waals surface area contributed by atoms with E-state index in [1.165, 1.54) is 12.0 Å². The maximum Gasteiger partial charge on any atom is 0.419 e. The smallest absolute Gasteiger partial charge is 0.394 e. The Balaban J connectivity index is 1.72. The van der Waals surface area contributed by atoms with Crippen molar-refractivity contribution in [2.75, 3.05) is 32.2 Å². The Morgan fingerprint density at radius 2 is 2.12 bits per heavy atom. The van der Waals surface area contributed by atoms with Gasteiger partial charge >= 0.3 is 12.2 Å². The Bertz CT molecular complexity index is 1000. The molecule has 0 saturated carbocycles. The van der Waals surface area contributed by atoms with Crippen LogP contribution in [0.2, 0.25) is 0 Å². The molecule has 0 unspecified atom stereocenters. The highest BCUT2D eigenvalue weighted by molar-refractivity contribution is 5.75. The molecular formula is C22H27F4N5O3. The quantitative estimate of drug-likeness (QED) is 0.497. The number of aliphatic hydroxyl groups excluding tert-OH is 1. The van der Waals surface area contributed by atoms with E-state index < -0.39 is 29.6 Å². The lowest BCUT2D eigenvalue weighted by molar-refractivity contribution is -0.140. The predicted octanol–water partition coefficient (Wildman–Crippen LogP) is 3.27. The van der Waals surface area contributed by atoms with Gasteiger partial charge in [-0.2, -0.15) is 13.2 Å². The topological polar surface area (TPSA) is 99.6 Å². The molecule has 2 atom stereocenters. The van der Waals surface area contributed by atoms with Gasteiger partial charge in [0.25, 0.3) is 0 Å². The molecule has 0 bridgehead atoms. The first-order chi connectivity index (χ1) is 16.2. The molecule has 1 aliphatic rings. The van der Waals surface area contributed by atoms with Crippen LogP contribution in [-0.2, 0) is 23.9 Å². The average Bonchev–Trinajstić information content (AvgIpc) is 2.80. The number of halogens is 4. The number of fused-ring (bicyclic) bond motifs is 1. The van der Waals surface area contributed by atoms with Crippen molar-refractivity contribution in [3.63, 3.8) is 0 Å².